The zero-order valence-corrected chi connectivity index (χ0v) is 10.7. The number of ketones is 1. The maximum Gasteiger partial charge on any atom is 0.318 e. The normalized spacial score (nSPS) is 19.1. The van der Waals surface area contributed by atoms with E-state index >= 15 is 0 Å². The van der Waals surface area contributed by atoms with Crippen LogP contribution >= 0.6 is 0 Å². The van der Waals surface area contributed by atoms with Crippen LogP contribution in [-0.2, 0) is 14.3 Å². The molecule has 0 N–H and O–H groups in total. The van der Waals surface area contributed by atoms with E-state index in [0.717, 1.165) is 0 Å². The molecule has 1 aromatic rings. The molecule has 0 radical (unpaired) electrons. The molecule has 19 heavy (non-hydrogen) atoms. The quantitative estimate of drug-likeness (QED) is 0.586. The van der Waals surface area contributed by atoms with Gasteiger partial charge < -0.3 is 9.64 Å². The van der Waals surface area contributed by atoms with Crippen LogP contribution in [0.15, 0.2) is 30.3 Å². The molecule has 0 aliphatic carbocycles. The first-order chi connectivity index (χ1) is 9.13. The molecular formula is C14H15NO4. The number of nitrogens with zero attached hydrogens (tertiary/aromatic N) is 1. The number of carbonyl (C=O) groups is 3. The van der Waals surface area contributed by atoms with Gasteiger partial charge in [-0.25, -0.2) is 0 Å². The van der Waals surface area contributed by atoms with Crippen LogP contribution in [-0.4, -0.2) is 42.8 Å². The van der Waals surface area contributed by atoms with Crippen LogP contribution < -0.4 is 0 Å². The highest BCUT2D eigenvalue weighted by Gasteiger charge is 2.35. The average Bonchev–Trinajstić information content (AvgIpc) is 2.47. The summed E-state index contributed by atoms with van der Waals surface area (Å²) >= 11 is 0. The first kappa shape index (κ1) is 13.3. The van der Waals surface area contributed by atoms with Gasteiger partial charge in [0.05, 0.1) is 7.11 Å². The van der Waals surface area contributed by atoms with Crippen LogP contribution in [0.3, 0.4) is 0 Å². The highest BCUT2D eigenvalue weighted by molar-refractivity contribution is 6.02. The van der Waals surface area contributed by atoms with E-state index in [2.05, 4.69) is 4.74 Å². The fraction of sp³-hybridized carbons (Fsp3) is 0.357. The van der Waals surface area contributed by atoms with Gasteiger partial charge in [0.15, 0.2) is 5.78 Å². The number of esters is 1. The van der Waals surface area contributed by atoms with E-state index in [4.69, 9.17) is 0 Å². The third-order valence-corrected chi connectivity index (χ3v) is 3.21. The molecule has 5 heteroatoms. The van der Waals surface area contributed by atoms with E-state index in [1.54, 1.807) is 24.3 Å². The summed E-state index contributed by atoms with van der Waals surface area (Å²) in [7, 11) is 1.24. The van der Waals surface area contributed by atoms with Gasteiger partial charge in [0.25, 0.3) is 5.91 Å². The molecule has 2 rings (SSSR count). The zero-order valence-electron chi connectivity index (χ0n) is 10.7. The minimum atomic E-state index is -0.855. The smallest absolute Gasteiger partial charge is 0.318 e. The molecule has 1 aromatic carbocycles. The summed E-state index contributed by atoms with van der Waals surface area (Å²) < 4.78 is 4.60. The van der Waals surface area contributed by atoms with Crippen molar-refractivity contribution in [2.24, 2.45) is 5.92 Å². The molecule has 1 aliphatic rings. The van der Waals surface area contributed by atoms with Crippen molar-refractivity contribution < 1.29 is 19.1 Å². The van der Waals surface area contributed by atoms with Crippen LogP contribution in [0.5, 0.6) is 0 Å². The van der Waals surface area contributed by atoms with Crippen molar-refractivity contribution >= 4 is 17.7 Å². The summed E-state index contributed by atoms with van der Waals surface area (Å²) in [5.41, 5.74) is 0.556. The molecule has 0 saturated carbocycles. The standard InChI is InChI=1S/C14H15NO4/c1-19-14(18)11-9-15(8-7-12(11)16)13(17)10-5-3-2-4-6-10/h2-6,11H,7-9H2,1H3/t11-/m1/s1. The molecule has 0 spiro atoms. The topological polar surface area (TPSA) is 63.7 Å². The van der Waals surface area contributed by atoms with Gasteiger partial charge in [0.2, 0.25) is 0 Å². The van der Waals surface area contributed by atoms with Crippen molar-refractivity contribution in [3.05, 3.63) is 35.9 Å². The number of amides is 1. The fourth-order valence-corrected chi connectivity index (χ4v) is 2.13. The predicted octanol–water partition coefficient (Wildman–Crippen LogP) is 0.891. The van der Waals surface area contributed by atoms with Gasteiger partial charge in [-0.2, -0.15) is 0 Å². The van der Waals surface area contributed by atoms with E-state index in [1.165, 1.54) is 12.0 Å². The minimum absolute atomic E-state index is 0.0965. The van der Waals surface area contributed by atoms with Crippen molar-refractivity contribution in [2.75, 3.05) is 20.2 Å². The zero-order chi connectivity index (χ0) is 13.8. The minimum Gasteiger partial charge on any atom is -0.468 e. The molecule has 1 saturated heterocycles. The molecule has 0 bridgehead atoms. The van der Waals surface area contributed by atoms with E-state index in [9.17, 15) is 14.4 Å². The Kier molecular flexibility index (Phi) is 3.94. The summed E-state index contributed by atoms with van der Waals surface area (Å²) in [6.07, 6.45) is 0.193. The number of Topliss-reactive ketones (excluding diaryl/α,β-unsaturated/α-hetero) is 1. The number of piperidine rings is 1. The number of hydrogen-bond acceptors (Lipinski definition) is 4. The number of likely N-dealkylation sites (tertiary alicyclic amines) is 1. The van der Waals surface area contributed by atoms with Gasteiger partial charge in [0, 0.05) is 25.1 Å². The van der Waals surface area contributed by atoms with Crippen LogP contribution in [0.2, 0.25) is 0 Å². The van der Waals surface area contributed by atoms with Crippen LogP contribution in [0.1, 0.15) is 16.8 Å². The first-order valence-corrected chi connectivity index (χ1v) is 6.08. The van der Waals surface area contributed by atoms with E-state index in [0.29, 0.717) is 12.1 Å². The fourth-order valence-electron chi connectivity index (χ4n) is 2.13. The molecule has 0 aromatic heterocycles. The number of benzene rings is 1. The van der Waals surface area contributed by atoms with Crippen LogP contribution in [0, 0.1) is 5.92 Å². The number of carbonyl (C=O) groups excluding carboxylic acids is 3. The van der Waals surface area contributed by atoms with Gasteiger partial charge in [-0.3, -0.25) is 14.4 Å². The third kappa shape index (κ3) is 2.81. The van der Waals surface area contributed by atoms with Gasteiger partial charge in [0.1, 0.15) is 5.92 Å². The number of hydrogen-bond donors (Lipinski definition) is 0. The first-order valence-electron chi connectivity index (χ1n) is 6.08. The lowest BCUT2D eigenvalue weighted by Gasteiger charge is -2.30. The second-order valence-corrected chi connectivity index (χ2v) is 4.41. The summed E-state index contributed by atoms with van der Waals surface area (Å²) in [4.78, 5) is 36.9. The largest absolute Gasteiger partial charge is 0.468 e. The molecule has 100 valence electrons. The molecule has 0 unspecified atom stereocenters. The highest BCUT2D eigenvalue weighted by Crippen LogP contribution is 2.17. The maximum absolute atomic E-state index is 12.2. The molecule has 1 fully saturated rings. The average molecular weight is 261 g/mol. The molecule has 1 aliphatic heterocycles. The predicted molar refractivity (Wildman–Crippen MR) is 67.5 cm³/mol. The molecule has 1 atom stereocenters. The van der Waals surface area contributed by atoms with Crippen LogP contribution in [0.4, 0.5) is 0 Å². The Morgan fingerprint density at radius 2 is 1.95 bits per heavy atom. The summed E-state index contributed by atoms with van der Waals surface area (Å²) in [6.45, 7) is 0.444. The Hall–Kier alpha value is -2.17. The second-order valence-electron chi connectivity index (χ2n) is 4.41. The number of methoxy groups -OCH3 is 1. The number of rotatable bonds is 2. The van der Waals surface area contributed by atoms with Crippen molar-refractivity contribution in [1.82, 2.24) is 4.90 Å². The third-order valence-electron chi connectivity index (χ3n) is 3.21. The van der Waals surface area contributed by atoms with Crippen molar-refractivity contribution in [3.63, 3.8) is 0 Å². The molecule has 1 amide bonds. The Morgan fingerprint density at radius 1 is 1.26 bits per heavy atom. The van der Waals surface area contributed by atoms with Crippen molar-refractivity contribution in [1.29, 1.82) is 0 Å². The van der Waals surface area contributed by atoms with Gasteiger partial charge in [-0.15, -0.1) is 0 Å². The van der Waals surface area contributed by atoms with Gasteiger partial charge in [-0.1, -0.05) is 18.2 Å². The SMILES string of the molecule is COC(=O)[C@@H]1CN(C(=O)c2ccccc2)CCC1=O. The van der Waals surface area contributed by atoms with Gasteiger partial charge >= 0.3 is 5.97 Å². The highest BCUT2D eigenvalue weighted by atomic mass is 16.5. The Morgan fingerprint density at radius 3 is 2.58 bits per heavy atom. The summed E-state index contributed by atoms with van der Waals surface area (Å²) in [5, 5.41) is 0. The van der Waals surface area contributed by atoms with E-state index in [-0.39, 0.29) is 24.7 Å². The summed E-state index contributed by atoms with van der Waals surface area (Å²) in [5.74, 6) is -1.76. The second kappa shape index (κ2) is 5.65. The van der Waals surface area contributed by atoms with E-state index < -0.39 is 11.9 Å². The maximum atomic E-state index is 12.2. The molecular weight excluding hydrogens is 246 g/mol. The number of ether oxygens (including phenoxy) is 1. The summed E-state index contributed by atoms with van der Waals surface area (Å²) in [6, 6.07) is 8.81. The lowest BCUT2D eigenvalue weighted by atomic mass is 9.96. The Balaban J connectivity index is 2.12. The lowest BCUT2D eigenvalue weighted by molar-refractivity contribution is -0.151. The van der Waals surface area contributed by atoms with E-state index in [1.807, 2.05) is 6.07 Å². The van der Waals surface area contributed by atoms with Crippen molar-refractivity contribution in [2.45, 2.75) is 6.42 Å². The Labute approximate surface area is 111 Å². The van der Waals surface area contributed by atoms with Crippen LogP contribution in [0.25, 0.3) is 0 Å². The molecule has 5 nitrogen and oxygen atoms in total. The lowest BCUT2D eigenvalue weighted by Crippen LogP contribution is -2.47. The van der Waals surface area contributed by atoms with Crippen molar-refractivity contribution in [3.8, 4) is 0 Å². The Bertz CT molecular complexity index is 489. The van der Waals surface area contributed by atoms with Gasteiger partial charge in [-0.05, 0) is 12.1 Å². The monoisotopic (exact) mass is 261 g/mol. The molecule has 1 heterocycles.